The van der Waals surface area contributed by atoms with E-state index in [9.17, 15) is 4.39 Å². The van der Waals surface area contributed by atoms with Crippen LogP contribution < -0.4 is 5.32 Å². The second kappa shape index (κ2) is 7.49. The highest BCUT2D eigenvalue weighted by Crippen LogP contribution is 2.28. The molecule has 0 aliphatic rings. The van der Waals surface area contributed by atoms with Gasteiger partial charge in [0.05, 0.1) is 41.8 Å². The van der Waals surface area contributed by atoms with Crippen LogP contribution in [0.15, 0.2) is 24.5 Å². The van der Waals surface area contributed by atoms with Crippen molar-refractivity contribution in [1.29, 1.82) is 0 Å². The summed E-state index contributed by atoms with van der Waals surface area (Å²) in [4.78, 5) is 4.15. The number of nitrogens with zero attached hydrogens (tertiary/aromatic N) is 3. The van der Waals surface area contributed by atoms with Crippen molar-refractivity contribution >= 4 is 11.6 Å². The van der Waals surface area contributed by atoms with Crippen LogP contribution in [0.3, 0.4) is 0 Å². The second-order valence-electron chi connectivity index (χ2n) is 4.45. The van der Waals surface area contributed by atoms with Crippen LogP contribution in [-0.2, 0) is 11.3 Å². The Labute approximate surface area is 128 Å². The van der Waals surface area contributed by atoms with E-state index in [0.29, 0.717) is 36.1 Å². The van der Waals surface area contributed by atoms with E-state index in [2.05, 4.69) is 15.4 Å². The molecular weight excluding hydrogens is 295 g/mol. The molecule has 0 aromatic carbocycles. The number of methoxy groups -OCH3 is 1. The molecule has 0 amide bonds. The molecular formula is C14H18ClFN4O. The predicted molar refractivity (Wildman–Crippen MR) is 78.8 cm³/mol. The number of aromatic nitrogens is 3. The molecule has 5 nitrogen and oxygen atoms in total. The van der Waals surface area contributed by atoms with E-state index in [0.717, 1.165) is 0 Å². The summed E-state index contributed by atoms with van der Waals surface area (Å²) in [5.41, 5.74) is 0.994. The maximum Gasteiger partial charge on any atom is 0.146 e. The maximum atomic E-state index is 14.1. The van der Waals surface area contributed by atoms with Crippen molar-refractivity contribution in [3.05, 3.63) is 46.8 Å². The summed E-state index contributed by atoms with van der Waals surface area (Å²) in [6.45, 7) is 3.62. The highest BCUT2D eigenvalue weighted by atomic mass is 35.5. The quantitative estimate of drug-likeness (QED) is 0.853. The third kappa shape index (κ3) is 3.58. The molecule has 2 heterocycles. The fourth-order valence-corrected chi connectivity index (χ4v) is 2.40. The second-order valence-corrected chi connectivity index (χ2v) is 4.86. The lowest BCUT2D eigenvalue weighted by molar-refractivity contribution is 0.182. The van der Waals surface area contributed by atoms with Gasteiger partial charge in [-0.05, 0) is 18.7 Å². The van der Waals surface area contributed by atoms with Gasteiger partial charge in [-0.3, -0.25) is 9.67 Å². The standard InChI is InChI=1S/C14H18ClFN4O/c1-3-17-13(12-11(16)5-4-6-18-12)14-10(15)9-19-20(14)7-8-21-2/h4-6,9,13,17H,3,7-8H2,1-2H3. The zero-order valence-electron chi connectivity index (χ0n) is 12.0. The summed E-state index contributed by atoms with van der Waals surface area (Å²) >= 11 is 6.24. The molecule has 2 aromatic heterocycles. The van der Waals surface area contributed by atoms with Gasteiger partial charge in [-0.25, -0.2) is 4.39 Å². The van der Waals surface area contributed by atoms with Gasteiger partial charge in [0.25, 0.3) is 0 Å². The summed E-state index contributed by atoms with van der Waals surface area (Å²) < 4.78 is 20.9. The normalized spacial score (nSPS) is 12.6. The van der Waals surface area contributed by atoms with Gasteiger partial charge in [-0.2, -0.15) is 5.10 Å². The molecule has 1 unspecified atom stereocenters. The third-order valence-electron chi connectivity index (χ3n) is 3.08. The number of hydrogen-bond acceptors (Lipinski definition) is 4. The number of ether oxygens (including phenoxy) is 1. The van der Waals surface area contributed by atoms with E-state index < -0.39 is 6.04 Å². The Kier molecular flexibility index (Phi) is 5.67. The first-order valence-electron chi connectivity index (χ1n) is 6.73. The van der Waals surface area contributed by atoms with Crippen LogP contribution in [0.2, 0.25) is 5.02 Å². The number of halogens is 2. The number of nitrogens with one attached hydrogen (secondary N) is 1. The van der Waals surface area contributed by atoms with Crippen LogP contribution in [0.4, 0.5) is 4.39 Å². The lowest BCUT2D eigenvalue weighted by atomic mass is 10.1. The lowest BCUT2D eigenvalue weighted by Crippen LogP contribution is -2.27. The first-order valence-corrected chi connectivity index (χ1v) is 7.10. The van der Waals surface area contributed by atoms with Gasteiger partial charge in [0.1, 0.15) is 5.82 Å². The minimum atomic E-state index is -0.456. The molecule has 0 saturated carbocycles. The Morgan fingerprint density at radius 3 is 3.00 bits per heavy atom. The summed E-state index contributed by atoms with van der Waals surface area (Å²) in [5, 5.41) is 7.91. The molecule has 7 heteroatoms. The van der Waals surface area contributed by atoms with Crippen LogP contribution in [0.5, 0.6) is 0 Å². The molecule has 0 bridgehead atoms. The molecule has 2 aromatic rings. The van der Waals surface area contributed by atoms with Crippen molar-refractivity contribution in [2.45, 2.75) is 19.5 Å². The summed E-state index contributed by atoms with van der Waals surface area (Å²) in [5.74, 6) is -0.376. The lowest BCUT2D eigenvalue weighted by Gasteiger charge is -2.20. The average Bonchev–Trinajstić information content (AvgIpc) is 2.84. The molecule has 1 atom stereocenters. The largest absolute Gasteiger partial charge is 0.383 e. The van der Waals surface area contributed by atoms with Crippen molar-refractivity contribution in [1.82, 2.24) is 20.1 Å². The molecule has 2 rings (SSSR count). The Balaban J connectivity index is 2.43. The number of pyridine rings is 1. The molecule has 0 aliphatic carbocycles. The molecule has 114 valence electrons. The molecule has 0 saturated heterocycles. The van der Waals surface area contributed by atoms with E-state index in [1.54, 1.807) is 30.3 Å². The van der Waals surface area contributed by atoms with Crippen LogP contribution in [0.1, 0.15) is 24.4 Å². The first-order chi connectivity index (χ1) is 10.2. The zero-order chi connectivity index (χ0) is 15.2. The molecule has 0 aliphatic heterocycles. The van der Waals surface area contributed by atoms with Crippen molar-refractivity contribution in [2.24, 2.45) is 0 Å². The molecule has 0 spiro atoms. The fraction of sp³-hybridized carbons (Fsp3) is 0.429. The van der Waals surface area contributed by atoms with Gasteiger partial charge >= 0.3 is 0 Å². The van der Waals surface area contributed by atoms with Crippen molar-refractivity contribution in [3.8, 4) is 0 Å². The van der Waals surface area contributed by atoms with E-state index in [1.165, 1.54) is 6.07 Å². The Morgan fingerprint density at radius 1 is 1.52 bits per heavy atom. The SMILES string of the molecule is CCNC(c1ncccc1F)c1c(Cl)cnn1CCOC. The van der Waals surface area contributed by atoms with Crippen LogP contribution in [-0.4, -0.2) is 35.0 Å². The minimum Gasteiger partial charge on any atom is -0.383 e. The Bertz CT molecular complexity index is 590. The van der Waals surface area contributed by atoms with E-state index in [1.807, 2.05) is 6.92 Å². The van der Waals surface area contributed by atoms with E-state index >= 15 is 0 Å². The van der Waals surface area contributed by atoms with Gasteiger partial charge in [-0.15, -0.1) is 0 Å². The topological polar surface area (TPSA) is 52.0 Å². The smallest absolute Gasteiger partial charge is 0.146 e. The molecule has 0 radical (unpaired) electrons. The van der Waals surface area contributed by atoms with E-state index in [-0.39, 0.29) is 5.82 Å². The van der Waals surface area contributed by atoms with Gasteiger partial charge in [0.15, 0.2) is 0 Å². The highest BCUT2D eigenvalue weighted by Gasteiger charge is 2.25. The summed E-state index contributed by atoms with van der Waals surface area (Å²) in [6, 6.07) is 2.49. The Morgan fingerprint density at radius 2 is 2.33 bits per heavy atom. The van der Waals surface area contributed by atoms with Gasteiger partial charge < -0.3 is 10.1 Å². The third-order valence-corrected chi connectivity index (χ3v) is 3.37. The maximum absolute atomic E-state index is 14.1. The molecule has 0 fully saturated rings. The number of hydrogen-bond donors (Lipinski definition) is 1. The highest BCUT2D eigenvalue weighted by molar-refractivity contribution is 6.31. The van der Waals surface area contributed by atoms with Crippen LogP contribution in [0.25, 0.3) is 0 Å². The average molecular weight is 313 g/mol. The van der Waals surface area contributed by atoms with E-state index in [4.69, 9.17) is 16.3 Å². The predicted octanol–water partition coefficient (Wildman–Crippen LogP) is 2.42. The fourth-order valence-electron chi connectivity index (χ4n) is 2.15. The van der Waals surface area contributed by atoms with Gasteiger partial charge in [0, 0.05) is 13.3 Å². The zero-order valence-corrected chi connectivity index (χ0v) is 12.8. The monoisotopic (exact) mass is 312 g/mol. The van der Waals surface area contributed by atoms with Crippen molar-refractivity contribution in [2.75, 3.05) is 20.3 Å². The summed E-state index contributed by atoms with van der Waals surface area (Å²) in [7, 11) is 1.62. The van der Waals surface area contributed by atoms with Crippen LogP contribution in [0, 0.1) is 5.82 Å². The van der Waals surface area contributed by atoms with Crippen molar-refractivity contribution < 1.29 is 9.13 Å². The molecule has 1 N–H and O–H groups in total. The minimum absolute atomic E-state index is 0.306. The Hall–Kier alpha value is -1.50. The summed E-state index contributed by atoms with van der Waals surface area (Å²) in [6.07, 6.45) is 3.12. The number of rotatable bonds is 7. The first kappa shape index (κ1) is 15.9. The van der Waals surface area contributed by atoms with Gasteiger partial charge in [0.2, 0.25) is 0 Å². The molecule has 21 heavy (non-hydrogen) atoms. The van der Waals surface area contributed by atoms with Gasteiger partial charge in [-0.1, -0.05) is 18.5 Å². The van der Waals surface area contributed by atoms with Crippen LogP contribution >= 0.6 is 11.6 Å². The van der Waals surface area contributed by atoms with Crippen molar-refractivity contribution in [3.63, 3.8) is 0 Å².